The lowest BCUT2D eigenvalue weighted by atomic mass is 9.84. The minimum absolute atomic E-state index is 0.352. The molecule has 1 amide bonds. The Hall–Kier alpha value is -3.54. The van der Waals surface area contributed by atoms with Crippen molar-refractivity contribution in [2.45, 2.75) is 18.4 Å². The first-order valence-corrected chi connectivity index (χ1v) is 9.41. The molecule has 0 aliphatic rings. The highest BCUT2D eigenvalue weighted by Crippen LogP contribution is 2.29. The van der Waals surface area contributed by atoms with E-state index in [1.54, 1.807) is 0 Å². The molecule has 0 aliphatic heterocycles. The molecular weight excluding hydrogens is 388 g/mol. The average Bonchev–Trinajstić information content (AvgIpc) is 2.77. The van der Waals surface area contributed by atoms with Crippen LogP contribution in [-0.2, 0) is 20.7 Å². The Bertz CT molecular complexity index is 950. The van der Waals surface area contributed by atoms with Gasteiger partial charge in [0, 0.05) is 11.5 Å². The highest BCUT2D eigenvalue weighted by atomic mass is 19.1. The quantitative estimate of drug-likeness (QED) is 0.600. The maximum absolute atomic E-state index is 13.9. The first-order valence-electron chi connectivity index (χ1n) is 9.41. The summed E-state index contributed by atoms with van der Waals surface area (Å²) in [5.74, 6) is -3.53. The number of halogens is 2. The van der Waals surface area contributed by atoms with Crippen molar-refractivity contribution >= 4 is 11.9 Å². The molecule has 3 aromatic rings. The van der Waals surface area contributed by atoms with Gasteiger partial charge < -0.3 is 10.1 Å². The van der Waals surface area contributed by atoms with E-state index in [9.17, 15) is 18.4 Å². The lowest BCUT2D eigenvalue weighted by Crippen LogP contribution is -2.46. The van der Waals surface area contributed by atoms with Crippen molar-refractivity contribution < 1.29 is 23.1 Å². The topological polar surface area (TPSA) is 55.4 Å². The van der Waals surface area contributed by atoms with Crippen LogP contribution >= 0.6 is 0 Å². The van der Waals surface area contributed by atoms with Crippen molar-refractivity contribution in [3.05, 3.63) is 107 Å². The van der Waals surface area contributed by atoms with Crippen LogP contribution in [0, 0.1) is 11.6 Å². The second-order valence-corrected chi connectivity index (χ2v) is 6.74. The Kier molecular flexibility index (Phi) is 6.91. The van der Waals surface area contributed by atoms with Crippen LogP contribution in [0.1, 0.15) is 22.6 Å². The van der Waals surface area contributed by atoms with Crippen LogP contribution < -0.4 is 5.32 Å². The van der Waals surface area contributed by atoms with Crippen LogP contribution in [0.4, 0.5) is 8.78 Å². The Morgan fingerprint density at radius 3 is 1.80 bits per heavy atom. The molecule has 0 radical (unpaired) electrons. The zero-order chi connectivity index (χ0) is 21.5. The predicted octanol–water partition coefficient (Wildman–Crippen LogP) is 4.00. The Labute approximate surface area is 173 Å². The first-order chi connectivity index (χ1) is 14.5. The number of rotatable bonds is 7. The molecule has 0 saturated carbocycles. The number of carbonyl (C=O) groups is 2. The normalized spacial score (nSPS) is 11.7. The molecule has 0 spiro atoms. The summed E-state index contributed by atoms with van der Waals surface area (Å²) in [5.41, 5.74) is 1.22. The van der Waals surface area contributed by atoms with Crippen molar-refractivity contribution in [3.63, 3.8) is 0 Å². The number of carbonyl (C=O) groups excluding carboxylic acids is 2. The molecular formula is C24H21F2NO3. The summed E-state index contributed by atoms with van der Waals surface area (Å²) >= 11 is 0. The van der Waals surface area contributed by atoms with E-state index in [4.69, 9.17) is 4.74 Å². The lowest BCUT2D eigenvalue weighted by Gasteiger charge is -2.27. The fourth-order valence-electron chi connectivity index (χ4n) is 3.39. The maximum Gasteiger partial charge on any atom is 0.329 e. The predicted molar refractivity (Wildman–Crippen MR) is 109 cm³/mol. The van der Waals surface area contributed by atoms with E-state index in [1.807, 2.05) is 60.7 Å². The van der Waals surface area contributed by atoms with Gasteiger partial charge >= 0.3 is 5.97 Å². The molecule has 1 N–H and O–H groups in total. The summed E-state index contributed by atoms with van der Waals surface area (Å²) in [4.78, 5) is 25.3. The lowest BCUT2D eigenvalue weighted by molar-refractivity contribution is -0.145. The number of hydrogen-bond acceptors (Lipinski definition) is 3. The molecule has 30 heavy (non-hydrogen) atoms. The summed E-state index contributed by atoms with van der Waals surface area (Å²) in [7, 11) is 1.23. The van der Waals surface area contributed by atoms with Crippen molar-refractivity contribution in [1.29, 1.82) is 0 Å². The van der Waals surface area contributed by atoms with Crippen molar-refractivity contribution in [2.24, 2.45) is 0 Å². The van der Waals surface area contributed by atoms with E-state index < -0.39 is 41.9 Å². The fraction of sp³-hybridized carbons (Fsp3) is 0.167. The minimum atomic E-state index is -1.08. The molecule has 0 fully saturated rings. The maximum atomic E-state index is 13.9. The zero-order valence-corrected chi connectivity index (χ0v) is 16.3. The number of esters is 1. The van der Waals surface area contributed by atoms with Gasteiger partial charge in [0.25, 0.3) is 0 Å². The molecule has 6 heteroatoms. The molecule has 1 atom stereocenters. The number of amides is 1. The smallest absolute Gasteiger partial charge is 0.329 e. The van der Waals surface area contributed by atoms with E-state index in [0.29, 0.717) is 0 Å². The van der Waals surface area contributed by atoms with Gasteiger partial charge in [-0.15, -0.1) is 0 Å². The number of benzene rings is 3. The molecule has 0 unspecified atom stereocenters. The fourth-order valence-corrected chi connectivity index (χ4v) is 3.39. The number of methoxy groups -OCH3 is 1. The highest BCUT2D eigenvalue weighted by molar-refractivity contribution is 5.87. The van der Waals surface area contributed by atoms with Gasteiger partial charge in [-0.25, -0.2) is 13.6 Å². The third-order valence-electron chi connectivity index (χ3n) is 4.82. The summed E-state index contributed by atoms with van der Waals surface area (Å²) in [5, 5.41) is 2.62. The third-order valence-corrected chi connectivity index (χ3v) is 4.82. The molecule has 3 aromatic carbocycles. The standard InChI is InChI=1S/C24H21F2NO3/c1-30-24(29)23(27-21(28)15-18-19(25)13-8-14-20(18)26)22(16-9-4-2-5-10-16)17-11-6-3-7-12-17/h2-14,22-23H,15H2,1H3,(H,27,28)/t23-/m0/s1. The van der Waals surface area contributed by atoms with Gasteiger partial charge in [0.2, 0.25) is 5.91 Å². The monoisotopic (exact) mass is 409 g/mol. The van der Waals surface area contributed by atoms with E-state index in [0.717, 1.165) is 23.3 Å². The number of nitrogens with one attached hydrogen (secondary N) is 1. The largest absolute Gasteiger partial charge is 0.467 e. The van der Waals surface area contributed by atoms with Gasteiger partial charge in [-0.2, -0.15) is 0 Å². The van der Waals surface area contributed by atoms with Crippen molar-refractivity contribution in [1.82, 2.24) is 5.32 Å². The third kappa shape index (κ3) is 4.89. The van der Waals surface area contributed by atoms with Gasteiger partial charge in [0.05, 0.1) is 13.5 Å². The zero-order valence-electron chi connectivity index (χ0n) is 16.3. The van der Waals surface area contributed by atoms with Gasteiger partial charge in [0.1, 0.15) is 17.7 Å². The summed E-state index contributed by atoms with van der Waals surface area (Å²) in [6.45, 7) is 0. The van der Waals surface area contributed by atoms with Gasteiger partial charge in [-0.05, 0) is 23.3 Å². The highest BCUT2D eigenvalue weighted by Gasteiger charge is 2.33. The van der Waals surface area contributed by atoms with Crippen molar-refractivity contribution in [3.8, 4) is 0 Å². The summed E-state index contributed by atoms with van der Waals surface area (Å²) in [6.07, 6.45) is -0.539. The Morgan fingerprint density at radius 2 is 1.33 bits per heavy atom. The number of ether oxygens (including phenoxy) is 1. The molecule has 0 aliphatic carbocycles. The Morgan fingerprint density at radius 1 is 0.833 bits per heavy atom. The molecule has 0 heterocycles. The average molecular weight is 409 g/mol. The summed E-state index contributed by atoms with van der Waals surface area (Å²) in [6, 6.07) is 20.7. The second kappa shape index (κ2) is 9.78. The van der Waals surface area contributed by atoms with E-state index in [2.05, 4.69) is 5.32 Å². The Balaban J connectivity index is 1.95. The van der Waals surface area contributed by atoms with Crippen LogP contribution in [0.25, 0.3) is 0 Å². The van der Waals surface area contributed by atoms with Crippen LogP contribution in [0.5, 0.6) is 0 Å². The van der Waals surface area contributed by atoms with E-state index in [-0.39, 0.29) is 5.56 Å². The molecule has 0 aromatic heterocycles. The van der Waals surface area contributed by atoms with Gasteiger partial charge in [-0.1, -0.05) is 66.7 Å². The second-order valence-electron chi connectivity index (χ2n) is 6.74. The molecule has 0 bridgehead atoms. The van der Waals surface area contributed by atoms with Crippen LogP contribution in [0.15, 0.2) is 78.9 Å². The van der Waals surface area contributed by atoms with Crippen molar-refractivity contribution in [2.75, 3.05) is 7.11 Å². The van der Waals surface area contributed by atoms with Crippen LogP contribution in [0.2, 0.25) is 0 Å². The number of hydrogen-bond donors (Lipinski definition) is 1. The van der Waals surface area contributed by atoms with E-state index in [1.165, 1.54) is 13.2 Å². The first kappa shape index (κ1) is 21.2. The van der Waals surface area contributed by atoms with Gasteiger partial charge in [0.15, 0.2) is 0 Å². The SMILES string of the molecule is COC(=O)[C@@H](NC(=O)Cc1c(F)cccc1F)C(c1ccccc1)c1ccccc1. The molecule has 4 nitrogen and oxygen atoms in total. The molecule has 154 valence electrons. The minimum Gasteiger partial charge on any atom is -0.467 e. The van der Waals surface area contributed by atoms with Crippen LogP contribution in [0.3, 0.4) is 0 Å². The van der Waals surface area contributed by atoms with Gasteiger partial charge in [-0.3, -0.25) is 4.79 Å². The van der Waals surface area contributed by atoms with Crippen LogP contribution in [-0.4, -0.2) is 25.0 Å². The van der Waals surface area contributed by atoms with E-state index >= 15 is 0 Å². The molecule has 0 saturated heterocycles. The molecule has 3 rings (SSSR count). The summed E-state index contributed by atoms with van der Waals surface area (Å²) < 4.78 is 32.8.